The molecule has 3 heterocycles. The van der Waals surface area contributed by atoms with Crippen LogP contribution in [0.15, 0.2) is 36.4 Å². The molecule has 5 rings (SSSR count). The minimum atomic E-state index is -0.207. The minimum Gasteiger partial charge on any atom is -0.445 e. The van der Waals surface area contributed by atoms with Gasteiger partial charge >= 0.3 is 6.09 Å². The number of piperidine rings is 1. The normalized spacial score (nSPS) is 24.9. The summed E-state index contributed by atoms with van der Waals surface area (Å²) in [5, 5.41) is 0. The maximum absolute atomic E-state index is 12.9. The number of hydrogen-bond donors (Lipinski definition) is 0. The lowest BCUT2D eigenvalue weighted by molar-refractivity contribution is -0.112. The van der Waals surface area contributed by atoms with E-state index in [0.29, 0.717) is 19.1 Å². The Morgan fingerprint density at radius 1 is 1.26 bits per heavy atom. The third-order valence-electron chi connectivity index (χ3n) is 6.71. The van der Waals surface area contributed by atoms with Crippen LogP contribution in [0.5, 0.6) is 0 Å². The number of hydrogen-bond acceptors (Lipinski definition) is 4. The quantitative estimate of drug-likeness (QED) is 0.557. The van der Waals surface area contributed by atoms with Gasteiger partial charge in [0.25, 0.3) is 0 Å². The first kappa shape index (κ1) is 22.3. The van der Waals surface area contributed by atoms with Crippen LogP contribution < -0.4 is 0 Å². The van der Waals surface area contributed by atoms with Crippen molar-refractivity contribution in [1.29, 1.82) is 0 Å². The lowest BCUT2D eigenvalue weighted by Gasteiger charge is -2.48. The van der Waals surface area contributed by atoms with E-state index >= 15 is 0 Å². The van der Waals surface area contributed by atoms with E-state index in [9.17, 15) is 4.79 Å². The van der Waals surface area contributed by atoms with E-state index in [1.54, 1.807) is 0 Å². The van der Waals surface area contributed by atoms with Crippen LogP contribution in [0, 0.1) is 5.92 Å². The van der Waals surface area contributed by atoms with Crippen LogP contribution in [0.4, 0.5) is 4.79 Å². The van der Waals surface area contributed by atoms with Crippen LogP contribution in [-0.2, 0) is 34.5 Å². The van der Waals surface area contributed by atoms with Gasteiger partial charge in [0.15, 0.2) is 0 Å². The van der Waals surface area contributed by atoms with Crippen molar-refractivity contribution in [2.45, 2.75) is 77.5 Å². The number of thiophene rings is 1. The third kappa shape index (κ3) is 4.68. The predicted molar refractivity (Wildman–Crippen MR) is 125 cm³/mol. The molecule has 31 heavy (non-hydrogen) atoms. The van der Waals surface area contributed by atoms with Gasteiger partial charge in [-0.3, -0.25) is 0 Å². The Kier molecular flexibility index (Phi) is 7.02. The van der Waals surface area contributed by atoms with E-state index in [-0.39, 0.29) is 17.7 Å². The molecule has 2 unspecified atom stereocenters. The Bertz CT molecular complexity index is 876. The van der Waals surface area contributed by atoms with E-state index in [1.807, 2.05) is 60.4 Å². The zero-order valence-electron chi connectivity index (χ0n) is 19.1. The van der Waals surface area contributed by atoms with Gasteiger partial charge in [-0.25, -0.2) is 4.79 Å². The zero-order valence-corrected chi connectivity index (χ0v) is 19.9. The molecule has 3 aliphatic rings. The first-order valence-corrected chi connectivity index (χ1v) is 12.7. The van der Waals surface area contributed by atoms with E-state index in [2.05, 4.69) is 13.0 Å². The molecule has 1 aromatic heterocycles. The summed E-state index contributed by atoms with van der Waals surface area (Å²) in [7, 11) is 0. The number of rotatable bonds is 4. The standard InChI is InChI=1S/C24H29NO3S.C2H6/c1-2-19-14-20-22(29-19)10-13-28-24(20)11-12-25(21(15-24)18-8-9-18)23(26)27-16-17-6-4-3-5-7-17;1-2/h3-7,14,18,21H,2,8-13,15-16H2,1H3;1-2H3. The van der Waals surface area contributed by atoms with Gasteiger partial charge in [-0.2, -0.15) is 0 Å². The second-order valence-corrected chi connectivity index (χ2v) is 9.81. The first-order chi connectivity index (χ1) is 15.2. The highest BCUT2D eigenvalue weighted by atomic mass is 32.1. The fourth-order valence-corrected chi connectivity index (χ4v) is 6.15. The lowest BCUT2D eigenvalue weighted by Crippen LogP contribution is -2.54. The molecule has 0 bridgehead atoms. The van der Waals surface area contributed by atoms with Crippen LogP contribution >= 0.6 is 11.3 Å². The van der Waals surface area contributed by atoms with Crippen molar-refractivity contribution < 1.29 is 14.3 Å². The second-order valence-electron chi connectivity index (χ2n) is 8.59. The molecule has 168 valence electrons. The van der Waals surface area contributed by atoms with E-state index < -0.39 is 0 Å². The minimum absolute atomic E-state index is 0.170. The van der Waals surface area contributed by atoms with E-state index in [0.717, 1.165) is 37.9 Å². The molecule has 2 aromatic rings. The lowest BCUT2D eigenvalue weighted by atomic mass is 9.78. The topological polar surface area (TPSA) is 38.8 Å². The van der Waals surface area contributed by atoms with Crippen LogP contribution in [0.1, 0.15) is 67.3 Å². The maximum Gasteiger partial charge on any atom is 0.410 e. The summed E-state index contributed by atoms with van der Waals surface area (Å²) in [6.45, 7) is 8.07. The van der Waals surface area contributed by atoms with Crippen LogP contribution in [0.3, 0.4) is 0 Å². The van der Waals surface area contributed by atoms with Crippen molar-refractivity contribution in [2.24, 2.45) is 5.92 Å². The van der Waals surface area contributed by atoms with E-state index in [4.69, 9.17) is 9.47 Å². The number of ether oxygens (including phenoxy) is 2. The number of carbonyl (C=O) groups excluding carboxylic acids is 1. The van der Waals surface area contributed by atoms with Crippen LogP contribution in [0.2, 0.25) is 0 Å². The SMILES string of the molecule is CC.CCc1cc2c(s1)CCOC21CCN(C(=O)OCc2ccccc2)C(C2CC2)C1. The van der Waals surface area contributed by atoms with Gasteiger partial charge in [-0.1, -0.05) is 51.1 Å². The highest BCUT2D eigenvalue weighted by molar-refractivity contribution is 7.12. The zero-order chi connectivity index (χ0) is 21.8. The summed E-state index contributed by atoms with van der Waals surface area (Å²) in [5.41, 5.74) is 2.23. The molecule has 1 saturated heterocycles. The van der Waals surface area contributed by atoms with Gasteiger partial charge in [0.2, 0.25) is 0 Å². The monoisotopic (exact) mass is 441 g/mol. The second kappa shape index (κ2) is 9.74. The summed E-state index contributed by atoms with van der Waals surface area (Å²) in [4.78, 5) is 17.9. The van der Waals surface area contributed by atoms with Crippen LogP contribution in [0.25, 0.3) is 0 Å². The molecular formula is C26H35NO3S. The summed E-state index contributed by atoms with van der Waals surface area (Å²) in [6, 6.07) is 12.5. The highest BCUT2D eigenvalue weighted by Crippen LogP contribution is 2.50. The van der Waals surface area contributed by atoms with E-state index in [1.165, 1.54) is 28.2 Å². The van der Waals surface area contributed by atoms with Crippen molar-refractivity contribution >= 4 is 17.4 Å². The molecule has 0 N–H and O–H groups in total. The number of aryl methyl sites for hydroxylation is 1. The molecule has 1 amide bonds. The molecule has 0 radical (unpaired) electrons. The van der Waals surface area contributed by atoms with Crippen molar-refractivity contribution in [2.75, 3.05) is 13.2 Å². The number of fused-ring (bicyclic) bond motifs is 2. The summed E-state index contributed by atoms with van der Waals surface area (Å²) < 4.78 is 12.2. The maximum atomic E-state index is 12.9. The van der Waals surface area contributed by atoms with Gasteiger partial charge in [0.1, 0.15) is 6.61 Å². The van der Waals surface area contributed by atoms with Crippen molar-refractivity contribution in [3.05, 3.63) is 57.3 Å². The number of amides is 1. The molecule has 2 aliphatic heterocycles. The van der Waals surface area contributed by atoms with Gasteiger partial charge in [-0.15, -0.1) is 11.3 Å². The molecule has 2 fully saturated rings. The molecule has 1 aromatic carbocycles. The summed E-state index contributed by atoms with van der Waals surface area (Å²) in [5.74, 6) is 0.592. The fourth-order valence-electron chi connectivity index (χ4n) is 4.97. The number of nitrogens with zero attached hydrogens (tertiary/aromatic N) is 1. The molecule has 5 heteroatoms. The smallest absolute Gasteiger partial charge is 0.410 e. The highest BCUT2D eigenvalue weighted by Gasteiger charge is 2.51. The van der Waals surface area contributed by atoms with Crippen molar-refractivity contribution in [3.8, 4) is 0 Å². The number of likely N-dealkylation sites (tertiary alicyclic amines) is 1. The van der Waals surface area contributed by atoms with Crippen molar-refractivity contribution in [1.82, 2.24) is 4.90 Å². The van der Waals surface area contributed by atoms with Gasteiger partial charge in [0.05, 0.1) is 12.2 Å². The Morgan fingerprint density at radius 2 is 2.03 bits per heavy atom. The molecule has 4 nitrogen and oxygen atoms in total. The Labute approximate surface area is 190 Å². The Hall–Kier alpha value is -1.85. The Balaban J connectivity index is 0.00000112. The molecule has 1 saturated carbocycles. The molecule has 2 atom stereocenters. The number of carbonyl (C=O) groups is 1. The van der Waals surface area contributed by atoms with Crippen LogP contribution in [-0.4, -0.2) is 30.2 Å². The largest absolute Gasteiger partial charge is 0.445 e. The predicted octanol–water partition coefficient (Wildman–Crippen LogP) is 6.32. The third-order valence-corrected chi connectivity index (χ3v) is 8.05. The first-order valence-electron chi connectivity index (χ1n) is 11.9. The molecular weight excluding hydrogens is 406 g/mol. The molecule has 1 spiro atoms. The van der Waals surface area contributed by atoms with Gasteiger partial charge < -0.3 is 14.4 Å². The Morgan fingerprint density at radius 3 is 2.74 bits per heavy atom. The molecule has 1 aliphatic carbocycles. The van der Waals surface area contributed by atoms with Gasteiger partial charge in [0, 0.05) is 35.2 Å². The number of benzene rings is 1. The van der Waals surface area contributed by atoms with Gasteiger partial charge in [-0.05, 0) is 48.8 Å². The summed E-state index contributed by atoms with van der Waals surface area (Å²) in [6.07, 6.45) is 6.13. The average Bonchev–Trinajstić information content (AvgIpc) is 3.58. The average molecular weight is 442 g/mol. The summed E-state index contributed by atoms with van der Waals surface area (Å²) >= 11 is 1.96. The fraction of sp³-hybridized carbons (Fsp3) is 0.577. The van der Waals surface area contributed by atoms with Crippen molar-refractivity contribution in [3.63, 3.8) is 0 Å².